The quantitative estimate of drug-likeness (QED) is 0.682. The molecule has 8 heteroatoms. The van der Waals surface area contributed by atoms with Crippen LogP contribution in [0.5, 0.6) is 0 Å². The van der Waals surface area contributed by atoms with Crippen LogP contribution in [0, 0.1) is 0 Å². The summed E-state index contributed by atoms with van der Waals surface area (Å²) in [6.07, 6.45) is 6.38. The lowest BCUT2D eigenvalue weighted by Gasteiger charge is -2.33. The van der Waals surface area contributed by atoms with Gasteiger partial charge in [0.2, 0.25) is 10.0 Å². The monoisotopic (exact) mass is 327 g/mol. The smallest absolute Gasteiger partial charge is 0.324 e. The molecule has 122 valence electrons. The molecule has 22 heavy (non-hydrogen) atoms. The number of urea groups is 2. The number of imide groups is 1. The predicted octanol–water partition coefficient (Wildman–Crippen LogP) is 1.38. The first-order chi connectivity index (χ1) is 10.4. The van der Waals surface area contributed by atoms with Crippen LogP contribution in [0.15, 0.2) is 11.1 Å². The normalized spacial score (nSPS) is 23.1. The molecular formula is C14H21N3O4S. The molecule has 0 radical (unpaired) electrons. The molecule has 3 rings (SSSR count). The minimum atomic E-state index is -3.60. The zero-order chi connectivity index (χ0) is 15.9. The minimum Gasteiger partial charge on any atom is -0.324 e. The molecule has 0 spiro atoms. The third kappa shape index (κ3) is 2.71. The molecule has 0 bridgehead atoms. The van der Waals surface area contributed by atoms with Crippen molar-refractivity contribution >= 4 is 22.1 Å². The molecule has 2 heterocycles. The first-order valence-corrected chi connectivity index (χ1v) is 9.50. The number of hydrogen-bond acceptors (Lipinski definition) is 4. The van der Waals surface area contributed by atoms with E-state index >= 15 is 0 Å². The van der Waals surface area contributed by atoms with Crippen molar-refractivity contribution in [3.8, 4) is 0 Å². The van der Waals surface area contributed by atoms with Crippen LogP contribution >= 0.6 is 0 Å². The lowest BCUT2D eigenvalue weighted by atomic mass is 9.84. The summed E-state index contributed by atoms with van der Waals surface area (Å²) in [6, 6.07) is -1.09. The molecule has 4 amide bonds. The highest BCUT2D eigenvalue weighted by Gasteiger charge is 2.40. The summed E-state index contributed by atoms with van der Waals surface area (Å²) in [7, 11) is -3.60. The SMILES string of the molecule is CS(=O)(=O)N1CCN(C(=O)N2CCC(=C3CCC3)CC2)C1=O. The summed E-state index contributed by atoms with van der Waals surface area (Å²) >= 11 is 0. The molecule has 1 aliphatic carbocycles. The van der Waals surface area contributed by atoms with E-state index in [2.05, 4.69) is 0 Å². The second-order valence-electron chi connectivity index (χ2n) is 6.10. The summed E-state index contributed by atoms with van der Waals surface area (Å²) in [5, 5.41) is 0. The summed E-state index contributed by atoms with van der Waals surface area (Å²) in [4.78, 5) is 27.2. The van der Waals surface area contributed by atoms with Crippen LogP contribution in [0.4, 0.5) is 9.59 Å². The van der Waals surface area contributed by atoms with Crippen molar-refractivity contribution in [2.45, 2.75) is 32.1 Å². The summed E-state index contributed by atoms with van der Waals surface area (Å²) in [5.41, 5.74) is 3.02. The molecule has 0 aromatic carbocycles. The molecule has 2 aliphatic heterocycles. The van der Waals surface area contributed by atoms with Gasteiger partial charge in [-0.05, 0) is 32.1 Å². The van der Waals surface area contributed by atoms with Gasteiger partial charge in [0.1, 0.15) is 0 Å². The Morgan fingerprint density at radius 3 is 2.00 bits per heavy atom. The summed E-state index contributed by atoms with van der Waals surface area (Å²) in [5.74, 6) is 0. The molecule has 0 atom stereocenters. The Labute approximate surface area is 130 Å². The van der Waals surface area contributed by atoms with Gasteiger partial charge in [-0.2, -0.15) is 0 Å². The third-order valence-corrected chi connectivity index (χ3v) is 5.84. The molecule has 1 saturated carbocycles. The van der Waals surface area contributed by atoms with Crippen LogP contribution in [-0.4, -0.2) is 67.0 Å². The van der Waals surface area contributed by atoms with E-state index in [1.54, 1.807) is 10.5 Å². The lowest BCUT2D eigenvalue weighted by molar-refractivity contribution is 0.158. The van der Waals surface area contributed by atoms with E-state index in [9.17, 15) is 18.0 Å². The van der Waals surface area contributed by atoms with Gasteiger partial charge >= 0.3 is 12.1 Å². The Hall–Kier alpha value is -1.57. The summed E-state index contributed by atoms with van der Waals surface area (Å²) < 4.78 is 23.7. The van der Waals surface area contributed by atoms with Gasteiger partial charge in [-0.25, -0.2) is 27.2 Å². The highest BCUT2D eigenvalue weighted by atomic mass is 32.2. The molecule has 0 unspecified atom stereocenters. The van der Waals surface area contributed by atoms with Gasteiger partial charge in [0.25, 0.3) is 0 Å². The van der Waals surface area contributed by atoms with Gasteiger partial charge in [0.05, 0.1) is 19.3 Å². The van der Waals surface area contributed by atoms with Crippen molar-refractivity contribution in [1.29, 1.82) is 0 Å². The van der Waals surface area contributed by atoms with Crippen molar-refractivity contribution in [3.63, 3.8) is 0 Å². The van der Waals surface area contributed by atoms with E-state index in [-0.39, 0.29) is 19.1 Å². The third-order valence-electron chi connectivity index (χ3n) is 4.70. The van der Waals surface area contributed by atoms with Crippen LogP contribution in [-0.2, 0) is 10.0 Å². The fraction of sp³-hybridized carbons (Fsp3) is 0.714. The Morgan fingerprint density at radius 2 is 1.55 bits per heavy atom. The van der Waals surface area contributed by atoms with Crippen LogP contribution in [0.2, 0.25) is 0 Å². The van der Waals surface area contributed by atoms with Crippen LogP contribution in [0.3, 0.4) is 0 Å². The van der Waals surface area contributed by atoms with Gasteiger partial charge in [0, 0.05) is 13.1 Å². The Bertz CT molecular complexity index is 624. The topological polar surface area (TPSA) is 78.0 Å². The predicted molar refractivity (Wildman–Crippen MR) is 80.7 cm³/mol. The number of nitrogens with zero attached hydrogens (tertiary/aromatic N) is 3. The highest BCUT2D eigenvalue weighted by Crippen LogP contribution is 2.33. The standard InChI is InChI=1S/C14H21N3O4S/c1-22(20,21)17-10-9-16(14(17)19)13(18)15-7-5-12(6-8-15)11-3-2-4-11/h2-10H2,1H3. The van der Waals surface area contributed by atoms with Crippen molar-refractivity contribution in [2.75, 3.05) is 32.4 Å². The Morgan fingerprint density at radius 1 is 0.955 bits per heavy atom. The van der Waals surface area contributed by atoms with Gasteiger partial charge in [0.15, 0.2) is 0 Å². The number of carbonyl (C=O) groups is 2. The average molecular weight is 327 g/mol. The zero-order valence-electron chi connectivity index (χ0n) is 12.7. The number of allylic oxidation sites excluding steroid dienone is 1. The Kier molecular flexibility index (Phi) is 3.88. The van der Waals surface area contributed by atoms with Gasteiger partial charge in [-0.3, -0.25) is 0 Å². The highest BCUT2D eigenvalue weighted by molar-refractivity contribution is 7.88. The van der Waals surface area contributed by atoms with E-state index in [1.165, 1.54) is 24.8 Å². The summed E-state index contributed by atoms with van der Waals surface area (Å²) in [6.45, 7) is 1.41. The zero-order valence-corrected chi connectivity index (χ0v) is 13.6. The molecule has 2 saturated heterocycles. The molecule has 3 fully saturated rings. The molecule has 7 nitrogen and oxygen atoms in total. The molecule has 0 aromatic rings. The molecule has 3 aliphatic rings. The van der Waals surface area contributed by atoms with E-state index in [0.717, 1.165) is 28.3 Å². The lowest BCUT2D eigenvalue weighted by Crippen LogP contribution is -2.48. The van der Waals surface area contributed by atoms with E-state index in [0.29, 0.717) is 13.1 Å². The molecular weight excluding hydrogens is 306 g/mol. The van der Waals surface area contributed by atoms with Crippen molar-refractivity contribution in [3.05, 3.63) is 11.1 Å². The molecule has 0 aromatic heterocycles. The molecule has 0 N–H and O–H groups in total. The van der Waals surface area contributed by atoms with E-state index < -0.39 is 16.1 Å². The van der Waals surface area contributed by atoms with Crippen molar-refractivity contribution < 1.29 is 18.0 Å². The number of amides is 4. The maximum atomic E-state index is 12.4. The number of rotatable bonds is 1. The van der Waals surface area contributed by atoms with Gasteiger partial charge in [-0.1, -0.05) is 11.1 Å². The number of sulfonamides is 1. The fourth-order valence-electron chi connectivity index (χ4n) is 3.20. The Balaban J connectivity index is 1.62. The minimum absolute atomic E-state index is 0.0482. The number of piperidine rings is 1. The first-order valence-electron chi connectivity index (χ1n) is 7.66. The maximum Gasteiger partial charge on any atom is 0.341 e. The van der Waals surface area contributed by atoms with E-state index in [1.807, 2.05) is 0 Å². The largest absolute Gasteiger partial charge is 0.341 e. The second kappa shape index (κ2) is 5.57. The number of likely N-dealkylation sites (tertiary alicyclic amines) is 1. The van der Waals surface area contributed by atoms with Gasteiger partial charge < -0.3 is 4.90 Å². The number of carbonyl (C=O) groups excluding carboxylic acids is 2. The number of hydrogen-bond donors (Lipinski definition) is 0. The average Bonchev–Trinajstić information content (AvgIpc) is 2.78. The van der Waals surface area contributed by atoms with Crippen LogP contribution < -0.4 is 0 Å². The fourth-order valence-corrected chi connectivity index (χ4v) is 4.00. The maximum absolute atomic E-state index is 12.4. The second-order valence-corrected chi connectivity index (χ2v) is 8.01. The van der Waals surface area contributed by atoms with Crippen molar-refractivity contribution in [2.24, 2.45) is 0 Å². The van der Waals surface area contributed by atoms with Crippen molar-refractivity contribution in [1.82, 2.24) is 14.1 Å². The van der Waals surface area contributed by atoms with Gasteiger partial charge in [-0.15, -0.1) is 0 Å². The first kappa shape index (κ1) is 15.3. The van der Waals surface area contributed by atoms with Crippen LogP contribution in [0.1, 0.15) is 32.1 Å². The van der Waals surface area contributed by atoms with E-state index in [4.69, 9.17) is 0 Å². The van der Waals surface area contributed by atoms with Crippen LogP contribution in [0.25, 0.3) is 0 Å².